The Labute approximate surface area is 178 Å². The number of hydrogen-bond donors (Lipinski definition) is 1. The van der Waals surface area contributed by atoms with Crippen molar-refractivity contribution in [2.24, 2.45) is 5.10 Å². The zero-order valence-electron chi connectivity index (χ0n) is 13.3. The molecule has 0 bridgehead atoms. The zero-order valence-corrected chi connectivity index (χ0v) is 17.1. The lowest BCUT2D eigenvalue weighted by atomic mass is 10.0. The number of hydrazone groups is 1. The van der Waals surface area contributed by atoms with Gasteiger partial charge in [-0.15, -0.1) is 0 Å². The van der Waals surface area contributed by atoms with Gasteiger partial charge in [0.25, 0.3) is 0 Å². The van der Waals surface area contributed by atoms with Crippen molar-refractivity contribution >= 4 is 62.1 Å². The van der Waals surface area contributed by atoms with E-state index in [1.54, 1.807) is 12.1 Å². The number of aliphatic hydroxyl groups is 1. The average Bonchev–Trinajstić information content (AvgIpc) is 2.98. The van der Waals surface area contributed by atoms with Gasteiger partial charge in [0.15, 0.2) is 23.3 Å². The van der Waals surface area contributed by atoms with E-state index in [1.165, 1.54) is 12.1 Å². The minimum absolute atomic E-state index is 0.00901. The van der Waals surface area contributed by atoms with Crippen molar-refractivity contribution in [2.75, 3.05) is 5.01 Å². The monoisotopic (exact) mass is 522 g/mol. The number of nitrogens with zero attached hydrogens (tertiary/aromatic N) is 2. The Bertz CT molecular complexity index is 955. The molecule has 12 heteroatoms. The first-order valence-electron chi connectivity index (χ1n) is 7.32. The molecule has 1 aliphatic heterocycles. The first-order chi connectivity index (χ1) is 12.9. The summed E-state index contributed by atoms with van der Waals surface area (Å²) < 4.78 is 67.3. The van der Waals surface area contributed by atoms with Crippen LogP contribution < -0.4 is 5.01 Å². The third kappa shape index (κ3) is 3.37. The van der Waals surface area contributed by atoms with Crippen LogP contribution in [-0.2, 0) is 0 Å². The Morgan fingerprint density at radius 3 is 1.86 bits per heavy atom. The van der Waals surface area contributed by atoms with Gasteiger partial charge in [-0.2, -0.15) is 5.10 Å². The predicted molar refractivity (Wildman–Crippen MR) is 99.2 cm³/mol. The summed E-state index contributed by atoms with van der Waals surface area (Å²) in [5.41, 5.74) is -3.93. The molecule has 150 valence electrons. The Kier molecular flexibility index (Phi) is 5.61. The van der Waals surface area contributed by atoms with Gasteiger partial charge in [0, 0.05) is 10.9 Å². The highest BCUT2D eigenvalue weighted by Gasteiger charge is 2.58. The lowest BCUT2D eigenvalue weighted by molar-refractivity contribution is 0.0548. The molecule has 0 saturated carbocycles. The molecule has 0 amide bonds. The second kappa shape index (κ2) is 7.28. The second-order valence-electron chi connectivity index (χ2n) is 5.78. The van der Waals surface area contributed by atoms with Crippen LogP contribution in [0.15, 0.2) is 33.8 Å². The summed E-state index contributed by atoms with van der Waals surface area (Å²) in [5.74, 6) is -11.3. The molecular formula is C16H7BrCl3F5N2O. The number of halogens is 9. The Morgan fingerprint density at radius 2 is 1.39 bits per heavy atom. The SMILES string of the molecule is OC1(C(Cl)(Cl)Cl)CC(c2ccc(Br)cc2)=NN1c1c(F)c(F)c(F)c(F)c1F. The van der Waals surface area contributed by atoms with E-state index in [0.29, 0.717) is 10.0 Å². The van der Waals surface area contributed by atoms with Crippen molar-refractivity contribution in [3.05, 3.63) is 63.4 Å². The maximum absolute atomic E-state index is 14.3. The van der Waals surface area contributed by atoms with Crippen LogP contribution in [0.3, 0.4) is 0 Å². The fourth-order valence-corrected chi connectivity index (χ4v) is 3.29. The van der Waals surface area contributed by atoms with Gasteiger partial charge < -0.3 is 5.11 Å². The highest BCUT2D eigenvalue weighted by Crippen LogP contribution is 2.49. The lowest BCUT2D eigenvalue weighted by Gasteiger charge is -2.37. The summed E-state index contributed by atoms with van der Waals surface area (Å²) in [6.45, 7) is 0. The molecule has 28 heavy (non-hydrogen) atoms. The molecule has 0 spiro atoms. The Hall–Kier alpha value is -1.13. The third-order valence-corrected chi connectivity index (χ3v) is 5.45. The van der Waals surface area contributed by atoms with Crippen molar-refractivity contribution in [2.45, 2.75) is 15.9 Å². The van der Waals surface area contributed by atoms with E-state index in [-0.39, 0.29) is 10.7 Å². The van der Waals surface area contributed by atoms with Gasteiger partial charge in [-0.3, -0.25) is 0 Å². The standard InChI is InChI=1S/C16H7BrCl3F5N2O/c17-7-3-1-6(2-4-7)8-5-15(28,16(18,19)20)27(26-8)14-12(24)10(22)9(21)11(23)13(14)25/h1-4,28H,5H2. The molecule has 1 aliphatic rings. The van der Waals surface area contributed by atoms with E-state index in [4.69, 9.17) is 34.8 Å². The molecule has 0 aliphatic carbocycles. The molecular weight excluding hydrogens is 517 g/mol. The van der Waals surface area contributed by atoms with E-state index in [1.807, 2.05) is 0 Å². The number of benzene rings is 2. The van der Waals surface area contributed by atoms with Crippen molar-refractivity contribution in [3.63, 3.8) is 0 Å². The number of anilines is 1. The van der Waals surface area contributed by atoms with Gasteiger partial charge in [-0.05, 0) is 17.7 Å². The van der Waals surface area contributed by atoms with E-state index in [9.17, 15) is 27.1 Å². The largest absolute Gasteiger partial charge is 0.365 e. The van der Waals surface area contributed by atoms with Crippen LogP contribution in [0.25, 0.3) is 0 Å². The van der Waals surface area contributed by atoms with Crippen molar-refractivity contribution < 1.29 is 27.1 Å². The lowest BCUT2D eigenvalue weighted by Crippen LogP contribution is -2.54. The molecule has 1 heterocycles. The fourth-order valence-electron chi connectivity index (χ4n) is 2.58. The zero-order chi connectivity index (χ0) is 21.0. The molecule has 2 aromatic rings. The van der Waals surface area contributed by atoms with Crippen LogP contribution in [0.1, 0.15) is 12.0 Å². The number of hydrogen-bond acceptors (Lipinski definition) is 3. The summed E-state index contributed by atoms with van der Waals surface area (Å²) >= 11 is 20.5. The van der Waals surface area contributed by atoms with Gasteiger partial charge in [0.1, 0.15) is 5.69 Å². The van der Waals surface area contributed by atoms with Crippen LogP contribution in [0.5, 0.6) is 0 Å². The minimum Gasteiger partial charge on any atom is -0.365 e. The van der Waals surface area contributed by atoms with Gasteiger partial charge in [-0.1, -0.05) is 62.9 Å². The summed E-state index contributed by atoms with van der Waals surface area (Å²) in [7, 11) is 0. The normalized spacial score (nSPS) is 19.9. The van der Waals surface area contributed by atoms with Crippen molar-refractivity contribution in [1.29, 1.82) is 0 Å². The Morgan fingerprint density at radius 1 is 0.929 bits per heavy atom. The van der Waals surface area contributed by atoms with Crippen LogP contribution >= 0.6 is 50.7 Å². The fraction of sp³-hybridized carbons (Fsp3) is 0.188. The summed E-state index contributed by atoms with van der Waals surface area (Å²) in [6, 6.07) is 6.27. The van der Waals surface area contributed by atoms with E-state index in [0.717, 1.165) is 0 Å². The minimum atomic E-state index is -2.74. The molecule has 0 aromatic heterocycles. The molecule has 2 aromatic carbocycles. The van der Waals surface area contributed by atoms with Crippen LogP contribution in [0.2, 0.25) is 0 Å². The number of rotatable bonds is 2. The van der Waals surface area contributed by atoms with E-state index >= 15 is 0 Å². The topological polar surface area (TPSA) is 35.8 Å². The molecule has 0 radical (unpaired) electrons. The van der Waals surface area contributed by atoms with Gasteiger partial charge in [-0.25, -0.2) is 27.0 Å². The molecule has 1 N–H and O–H groups in total. The molecule has 3 nitrogen and oxygen atoms in total. The van der Waals surface area contributed by atoms with E-state index in [2.05, 4.69) is 21.0 Å². The number of alkyl halides is 3. The van der Waals surface area contributed by atoms with Crippen LogP contribution in [0.4, 0.5) is 27.6 Å². The van der Waals surface area contributed by atoms with Gasteiger partial charge >= 0.3 is 0 Å². The molecule has 3 rings (SSSR count). The third-order valence-electron chi connectivity index (χ3n) is 4.01. The molecule has 0 saturated heterocycles. The highest BCUT2D eigenvalue weighted by molar-refractivity contribution is 9.10. The van der Waals surface area contributed by atoms with Crippen LogP contribution in [0, 0.1) is 29.1 Å². The maximum Gasteiger partial charge on any atom is 0.239 e. The Balaban J connectivity index is 2.25. The maximum atomic E-state index is 14.3. The molecule has 0 fully saturated rings. The first kappa shape index (κ1) is 21.6. The predicted octanol–water partition coefficient (Wildman–Crippen LogP) is 5.82. The summed E-state index contributed by atoms with van der Waals surface area (Å²) in [5, 5.41) is 14.8. The molecule has 1 atom stereocenters. The first-order valence-corrected chi connectivity index (χ1v) is 9.25. The van der Waals surface area contributed by atoms with Gasteiger partial charge in [0.05, 0.1) is 5.71 Å². The summed E-state index contributed by atoms with van der Waals surface area (Å²) in [6.07, 6.45) is -0.579. The summed E-state index contributed by atoms with van der Waals surface area (Å²) in [4.78, 5) is 0. The van der Waals surface area contributed by atoms with Crippen molar-refractivity contribution in [1.82, 2.24) is 0 Å². The van der Waals surface area contributed by atoms with E-state index < -0.39 is 50.7 Å². The highest BCUT2D eigenvalue weighted by atomic mass is 79.9. The second-order valence-corrected chi connectivity index (χ2v) is 8.97. The average molecular weight is 524 g/mol. The van der Waals surface area contributed by atoms with Gasteiger partial charge in [0.2, 0.25) is 15.3 Å². The molecule has 1 unspecified atom stereocenters. The van der Waals surface area contributed by atoms with Crippen molar-refractivity contribution in [3.8, 4) is 0 Å². The smallest absolute Gasteiger partial charge is 0.239 e. The van der Waals surface area contributed by atoms with Crippen LogP contribution in [-0.4, -0.2) is 20.3 Å². The quantitative estimate of drug-likeness (QED) is 0.233.